The van der Waals surface area contributed by atoms with Crippen molar-refractivity contribution in [3.05, 3.63) is 35.4 Å². The van der Waals surface area contributed by atoms with Gasteiger partial charge in [0, 0.05) is 45.0 Å². The van der Waals surface area contributed by atoms with Crippen molar-refractivity contribution in [1.29, 1.82) is 0 Å². The maximum atomic E-state index is 13.2. The molecule has 0 saturated carbocycles. The summed E-state index contributed by atoms with van der Waals surface area (Å²) in [6, 6.07) is 5.25. The van der Waals surface area contributed by atoms with E-state index in [2.05, 4.69) is 5.48 Å². The second-order valence-corrected chi connectivity index (χ2v) is 9.86. The van der Waals surface area contributed by atoms with Gasteiger partial charge in [-0.3, -0.25) is 9.59 Å². The fourth-order valence-electron chi connectivity index (χ4n) is 4.26. The summed E-state index contributed by atoms with van der Waals surface area (Å²) in [5.41, 5.74) is 2.02. The molecule has 3 aliphatic heterocycles. The third-order valence-corrected chi connectivity index (χ3v) is 6.05. The number of rotatable bonds is 4. The van der Waals surface area contributed by atoms with Gasteiger partial charge in [-0.25, -0.2) is 15.1 Å². The summed E-state index contributed by atoms with van der Waals surface area (Å²) in [4.78, 5) is 44.5. The molecule has 0 bridgehead atoms. The van der Waals surface area contributed by atoms with E-state index in [-0.39, 0.29) is 11.9 Å². The molecular formula is C25H32N2O7. The van der Waals surface area contributed by atoms with Crippen LogP contribution < -0.4 is 10.2 Å². The van der Waals surface area contributed by atoms with Crippen molar-refractivity contribution in [2.75, 3.05) is 19.7 Å². The van der Waals surface area contributed by atoms with Crippen molar-refractivity contribution >= 4 is 23.9 Å². The topological polar surface area (TPSA) is 103 Å². The SMILES string of the molecule is CC(C)(C)OC(=O)N1CCC2(CC1)Oc1ccc(/C=C/C(=O)NOC3CCCCO3)cc1C2=O. The summed E-state index contributed by atoms with van der Waals surface area (Å²) in [7, 11) is 0. The monoisotopic (exact) mass is 472 g/mol. The lowest BCUT2D eigenvalue weighted by Gasteiger charge is -2.37. The second-order valence-electron chi connectivity index (χ2n) is 9.86. The molecule has 4 rings (SSSR count). The Bertz CT molecular complexity index is 968. The second kappa shape index (κ2) is 9.76. The van der Waals surface area contributed by atoms with Crippen LogP contribution >= 0.6 is 0 Å². The van der Waals surface area contributed by atoms with E-state index in [0.29, 0.717) is 49.4 Å². The Hall–Kier alpha value is -2.91. The Morgan fingerprint density at radius 3 is 2.65 bits per heavy atom. The maximum absolute atomic E-state index is 13.2. The molecule has 1 spiro atoms. The van der Waals surface area contributed by atoms with Crippen molar-refractivity contribution in [2.24, 2.45) is 0 Å². The molecule has 1 aromatic rings. The summed E-state index contributed by atoms with van der Waals surface area (Å²) in [6.07, 6.45) is 5.70. The van der Waals surface area contributed by atoms with E-state index in [1.165, 1.54) is 6.08 Å². The van der Waals surface area contributed by atoms with Crippen molar-refractivity contribution in [1.82, 2.24) is 10.4 Å². The van der Waals surface area contributed by atoms with Crippen LogP contribution in [0.1, 0.15) is 68.8 Å². The summed E-state index contributed by atoms with van der Waals surface area (Å²) in [6.45, 7) is 6.86. The number of carbonyl (C=O) groups is 3. The van der Waals surface area contributed by atoms with Crippen LogP contribution in [0.3, 0.4) is 0 Å². The van der Waals surface area contributed by atoms with Gasteiger partial charge in [-0.05, 0) is 57.4 Å². The van der Waals surface area contributed by atoms with Crippen LogP contribution in [0.15, 0.2) is 24.3 Å². The number of Topliss-reactive ketones (excluding diaryl/α,β-unsaturated/α-hetero) is 1. The lowest BCUT2D eigenvalue weighted by molar-refractivity contribution is -0.198. The molecule has 3 aliphatic rings. The minimum absolute atomic E-state index is 0.0937. The number of benzene rings is 1. The standard InChI is InChI=1S/C25H32N2O7/c1-24(2,3)33-23(30)27-13-11-25(12-14-27)22(29)18-16-17(7-9-19(18)32-25)8-10-20(28)26-34-21-6-4-5-15-31-21/h7-10,16,21H,4-6,11-15H2,1-3H3,(H,26,28)/b10-8+. The van der Waals surface area contributed by atoms with Crippen LogP contribution in [0.25, 0.3) is 6.08 Å². The fraction of sp³-hybridized carbons (Fsp3) is 0.560. The number of fused-ring (bicyclic) bond motifs is 1. The molecule has 3 heterocycles. The van der Waals surface area contributed by atoms with Gasteiger partial charge in [0.1, 0.15) is 11.4 Å². The van der Waals surface area contributed by atoms with Crippen molar-refractivity contribution in [3.8, 4) is 5.75 Å². The highest BCUT2D eigenvalue weighted by atomic mass is 16.8. The third-order valence-electron chi connectivity index (χ3n) is 6.05. The molecule has 9 heteroatoms. The van der Waals surface area contributed by atoms with Gasteiger partial charge in [0.25, 0.3) is 5.91 Å². The summed E-state index contributed by atoms with van der Waals surface area (Å²) in [5, 5.41) is 0. The number of ether oxygens (including phenoxy) is 3. The number of piperidine rings is 1. The summed E-state index contributed by atoms with van der Waals surface area (Å²) in [5.74, 6) is 0.0159. The van der Waals surface area contributed by atoms with E-state index in [1.54, 1.807) is 29.2 Å². The number of nitrogens with zero attached hydrogens (tertiary/aromatic N) is 1. The first-order valence-corrected chi connectivity index (χ1v) is 11.8. The van der Waals surface area contributed by atoms with Crippen molar-refractivity contribution in [2.45, 2.75) is 70.4 Å². The minimum Gasteiger partial charge on any atom is -0.478 e. The average molecular weight is 473 g/mol. The number of ketones is 1. The smallest absolute Gasteiger partial charge is 0.410 e. The lowest BCUT2D eigenvalue weighted by atomic mass is 9.85. The molecular weight excluding hydrogens is 440 g/mol. The van der Waals surface area contributed by atoms with Crippen molar-refractivity contribution in [3.63, 3.8) is 0 Å². The zero-order valence-corrected chi connectivity index (χ0v) is 19.9. The van der Waals surface area contributed by atoms with Gasteiger partial charge >= 0.3 is 6.09 Å². The van der Waals surface area contributed by atoms with E-state index in [1.807, 2.05) is 20.8 Å². The molecule has 2 saturated heterocycles. The maximum Gasteiger partial charge on any atom is 0.410 e. The molecule has 1 unspecified atom stereocenters. The Morgan fingerprint density at radius 1 is 1.21 bits per heavy atom. The zero-order valence-electron chi connectivity index (χ0n) is 19.9. The van der Waals surface area contributed by atoms with Crippen LogP contribution in [-0.4, -0.2) is 59.9 Å². The van der Waals surface area contributed by atoms with Crippen LogP contribution in [0, 0.1) is 0 Å². The molecule has 34 heavy (non-hydrogen) atoms. The minimum atomic E-state index is -0.964. The van der Waals surface area contributed by atoms with E-state index < -0.39 is 23.4 Å². The predicted octanol–water partition coefficient (Wildman–Crippen LogP) is 3.62. The van der Waals surface area contributed by atoms with Gasteiger partial charge in [0.2, 0.25) is 5.78 Å². The molecule has 0 aromatic heterocycles. The average Bonchev–Trinajstić information content (AvgIpc) is 3.07. The highest BCUT2D eigenvalue weighted by molar-refractivity contribution is 6.08. The summed E-state index contributed by atoms with van der Waals surface area (Å²) >= 11 is 0. The van der Waals surface area contributed by atoms with Gasteiger partial charge in [-0.1, -0.05) is 6.07 Å². The molecule has 2 fully saturated rings. The van der Waals surface area contributed by atoms with E-state index >= 15 is 0 Å². The number of nitrogens with one attached hydrogen (secondary N) is 1. The molecule has 1 atom stereocenters. The van der Waals surface area contributed by atoms with Crippen LogP contribution in [0.4, 0.5) is 4.79 Å². The largest absolute Gasteiger partial charge is 0.478 e. The Morgan fingerprint density at radius 2 is 1.97 bits per heavy atom. The predicted molar refractivity (Wildman–Crippen MR) is 123 cm³/mol. The van der Waals surface area contributed by atoms with Crippen LogP contribution in [0.5, 0.6) is 5.75 Å². The molecule has 0 radical (unpaired) electrons. The molecule has 1 N–H and O–H groups in total. The van der Waals surface area contributed by atoms with Crippen molar-refractivity contribution < 1.29 is 33.4 Å². The number of carbonyl (C=O) groups excluding carboxylic acids is 3. The van der Waals surface area contributed by atoms with E-state index in [4.69, 9.17) is 19.0 Å². The molecule has 184 valence electrons. The normalized spacial score (nSPS) is 21.9. The first-order chi connectivity index (χ1) is 16.2. The highest BCUT2D eigenvalue weighted by Gasteiger charge is 2.50. The Labute approximate surface area is 199 Å². The van der Waals surface area contributed by atoms with E-state index in [0.717, 1.165) is 19.3 Å². The number of amides is 2. The third kappa shape index (κ3) is 5.59. The number of hydroxylamine groups is 1. The lowest BCUT2D eigenvalue weighted by Crippen LogP contribution is -2.52. The zero-order chi connectivity index (χ0) is 24.3. The first-order valence-electron chi connectivity index (χ1n) is 11.8. The van der Waals surface area contributed by atoms with Gasteiger partial charge in [0.15, 0.2) is 11.9 Å². The van der Waals surface area contributed by atoms with Gasteiger partial charge < -0.3 is 19.1 Å². The number of hydrogen-bond acceptors (Lipinski definition) is 7. The Balaban J connectivity index is 1.34. The summed E-state index contributed by atoms with van der Waals surface area (Å²) < 4.78 is 16.9. The highest BCUT2D eigenvalue weighted by Crippen LogP contribution is 2.41. The molecule has 1 aromatic carbocycles. The van der Waals surface area contributed by atoms with Gasteiger partial charge in [-0.15, -0.1) is 0 Å². The Kier molecular flexibility index (Phi) is 6.95. The quantitative estimate of drug-likeness (QED) is 0.527. The molecule has 2 amide bonds. The van der Waals surface area contributed by atoms with Gasteiger partial charge in [-0.2, -0.15) is 0 Å². The van der Waals surface area contributed by atoms with E-state index in [9.17, 15) is 14.4 Å². The molecule has 9 nitrogen and oxygen atoms in total. The number of likely N-dealkylation sites (tertiary alicyclic amines) is 1. The van der Waals surface area contributed by atoms with Gasteiger partial charge in [0.05, 0.1) is 5.56 Å². The molecule has 0 aliphatic carbocycles. The first kappa shape index (κ1) is 24.2. The fourth-order valence-corrected chi connectivity index (χ4v) is 4.26. The number of hydrogen-bond donors (Lipinski definition) is 1. The van der Waals surface area contributed by atoms with Crippen LogP contribution in [-0.2, 0) is 19.1 Å². The van der Waals surface area contributed by atoms with Crippen LogP contribution in [0.2, 0.25) is 0 Å².